The first kappa shape index (κ1) is 10.3. The number of benzene rings is 1. The van der Waals surface area contributed by atoms with Crippen molar-refractivity contribution in [2.75, 3.05) is 0 Å². The molecule has 1 aromatic carbocycles. The van der Waals surface area contributed by atoms with E-state index in [9.17, 15) is 4.39 Å². The van der Waals surface area contributed by atoms with Gasteiger partial charge in [-0.1, -0.05) is 11.6 Å². The topological polar surface area (TPSA) is 20.7 Å². The zero-order valence-corrected chi connectivity index (χ0v) is 10.0. The molecule has 1 aliphatic rings. The minimum Gasteiger partial charge on any atom is -0.330 e. The third-order valence-corrected chi connectivity index (χ3v) is 3.79. The van der Waals surface area contributed by atoms with Crippen molar-refractivity contribution in [3.63, 3.8) is 0 Å². The van der Waals surface area contributed by atoms with Gasteiger partial charge >= 0.3 is 0 Å². The molecule has 0 radical (unpaired) electrons. The highest BCUT2D eigenvalue weighted by atomic mass is 35.5. The Morgan fingerprint density at radius 3 is 2.81 bits per heavy atom. The van der Waals surface area contributed by atoms with Crippen LogP contribution in [0, 0.1) is 10.6 Å². The third-order valence-electron chi connectivity index (χ3n) is 3.20. The number of aromatic amines is 1. The number of aromatic nitrogens is 2. The van der Waals surface area contributed by atoms with E-state index in [1.54, 1.807) is 6.07 Å². The van der Waals surface area contributed by atoms with Crippen LogP contribution in [0.5, 0.6) is 0 Å². The second-order valence-corrected chi connectivity index (χ2v) is 4.96. The minimum atomic E-state index is -0.411. The number of halogens is 2. The first-order valence-electron chi connectivity index (χ1n) is 5.26. The van der Waals surface area contributed by atoms with E-state index in [2.05, 4.69) is 9.55 Å². The van der Waals surface area contributed by atoms with Crippen LogP contribution >= 0.6 is 23.8 Å². The second-order valence-electron chi connectivity index (χ2n) is 4.17. The van der Waals surface area contributed by atoms with E-state index in [1.165, 1.54) is 12.5 Å². The van der Waals surface area contributed by atoms with Crippen LogP contribution in [0.15, 0.2) is 12.1 Å². The highest BCUT2D eigenvalue weighted by molar-refractivity contribution is 7.71. The van der Waals surface area contributed by atoms with Gasteiger partial charge in [-0.2, -0.15) is 0 Å². The van der Waals surface area contributed by atoms with Crippen LogP contribution in [-0.2, 0) is 0 Å². The summed E-state index contributed by atoms with van der Waals surface area (Å²) in [6.07, 6.45) is 3.50. The molecule has 1 N–H and O–H groups in total. The Morgan fingerprint density at radius 1 is 1.44 bits per heavy atom. The second kappa shape index (κ2) is 3.57. The van der Waals surface area contributed by atoms with E-state index in [-0.39, 0.29) is 5.02 Å². The fourth-order valence-corrected chi connectivity index (χ4v) is 2.64. The van der Waals surface area contributed by atoms with E-state index in [4.69, 9.17) is 23.8 Å². The number of nitrogens with zero attached hydrogens (tertiary/aromatic N) is 1. The number of fused-ring (bicyclic) bond motifs is 1. The zero-order chi connectivity index (χ0) is 11.3. The molecule has 5 heteroatoms. The van der Waals surface area contributed by atoms with Gasteiger partial charge in [-0.05, 0) is 37.5 Å². The molecule has 0 saturated heterocycles. The fourth-order valence-electron chi connectivity index (χ4n) is 2.13. The van der Waals surface area contributed by atoms with Crippen LogP contribution in [0.2, 0.25) is 5.02 Å². The van der Waals surface area contributed by atoms with Crippen LogP contribution in [0.4, 0.5) is 4.39 Å². The Balaban J connectivity index is 2.30. The molecule has 1 heterocycles. The Bertz CT molecular complexity index is 612. The summed E-state index contributed by atoms with van der Waals surface area (Å²) in [4.78, 5) is 3.02. The van der Waals surface area contributed by atoms with Crippen LogP contribution < -0.4 is 0 Å². The summed E-state index contributed by atoms with van der Waals surface area (Å²) in [7, 11) is 0. The molecule has 16 heavy (non-hydrogen) atoms. The summed E-state index contributed by atoms with van der Waals surface area (Å²) < 4.78 is 16.0. The Labute approximate surface area is 102 Å². The van der Waals surface area contributed by atoms with Crippen molar-refractivity contribution in [3.05, 3.63) is 27.7 Å². The number of imidazole rings is 1. The lowest BCUT2D eigenvalue weighted by atomic mass is 9.93. The Hall–Kier alpha value is -0.870. The largest absolute Gasteiger partial charge is 0.330 e. The van der Waals surface area contributed by atoms with Crippen molar-refractivity contribution >= 4 is 34.9 Å². The smallest absolute Gasteiger partial charge is 0.178 e. The molecule has 0 bridgehead atoms. The van der Waals surface area contributed by atoms with Gasteiger partial charge in [-0.25, -0.2) is 4.39 Å². The molecule has 0 atom stereocenters. The van der Waals surface area contributed by atoms with Gasteiger partial charge < -0.3 is 9.55 Å². The highest BCUT2D eigenvalue weighted by Gasteiger charge is 2.22. The average Bonchev–Trinajstić information content (AvgIpc) is 2.43. The number of hydrogen-bond donors (Lipinski definition) is 1. The Morgan fingerprint density at radius 2 is 2.19 bits per heavy atom. The molecule has 0 amide bonds. The van der Waals surface area contributed by atoms with Gasteiger partial charge in [0.05, 0.1) is 16.1 Å². The van der Waals surface area contributed by atoms with Crippen molar-refractivity contribution in [1.82, 2.24) is 9.55 Å². The molecular formula is C11H10ClFN2S. The number of H-pyrrole nitrogens is 1. The molecule has 2 nitrogen and oxygen atoms in total. The molecule has 1 aliphatic carbocycles. The maximum Gasteiger partial charge on any atom is 0.178 e. The number of hydrogen-bond acceptors (Lipinski definition) is 1. The van der Waals surface area contributed by atoms with E-state index in [0.717, 1.165) is 23.9 Å². The van der Waals surface area contributed by atoms with Gasteiger partial charge in [0, 0.05) is 12.1 Å². The van der Waals surface area contributed by atoms with Gasteiger partial charge in [0.1, 0.15) is 5.82 Å². The van der Waals surface area contributed by atoms with Gasteiger partial charge in [-0.15, -0.1) is 0 Å². The van der Waals surface area contributed by atoms with Crippen molar-refractivity contribution in [2.24, 2.45) is 0 Å². The molecule has 2 aromatic rings. The summed E-state index contributed by atoms with van der Waals surface area (Å²) in [5.41, 5.74) is 1.62. The summed E-state index contributed by atoms with van der Waals surface area (Å²) >= 11 is 11.1. The van der Waals surface area contributed by atoms with Crippen molar-refractivity contribution in [3.8, 4) is 0 Å². The van der Waals surface area contributed by atoms with Crippen molar-refractivity contribution in [1.29, 1.82) is 0 Å². The SMILES string of the molecule is Fc1cc2[nH]c(=S)n(C3CCC3)c2cc1Cl. The molecule has 0 aliphatic heterocycles. The maximum atomic E-state index is 13.3. The first-order valence-corrected chi connectivity index (χ1v) is 6.04. The molecule has 0 unspecified atom stereocenters. The van der Waals surface area contributed by atoms with Crippen LogP contribution in [0.3, 0.4) is 0 Å². The van der Waals surface area contributed by atoms with Crippen LogP contribution in [0.25, 0.3) is 11.0 Å². The standard InChI is InChI=1S/C11H10ClFN2S/c12-7-4-10-9(5-8(7)13)14-11(16)15(10)6-2-1-3-6/h4-6H,1-3H2,(H,14,16). The predicted octanol–water partition coefficient (Wildman–Crippen LogP) is 4.22. The molecule has 1 fully saturated rings. The lowest BCUT2D eigenvalue weighted by Gasteiger charge is -2.27. The molecule has 1 saturated carbocycles. The first-order chi connectivity index (χ1) is 7.66. The van der Waals surface area contributed by atoms with E-state index in [1.807, 2.05) is 0 Å². The predicted molar refractivity (Wildman–Crippen MR) is 65.0 cm³/mol. The number of nitrogens with one attached hydrogen (secondary N) is 1. The maximum absolute atomic E-state index is 13.3. The lowest BCUT2D eigenvalue weighted by molar-refractivity contribution is 0.318. The highest BCUT2D eigenvalue weighted by Crippen LogP contribution is 2.35. The average molecular weight is 257 g/mol. The Kier molecular flexibility index (Phi) is 2.30. The normalized spacial score (nSPS) is 16.6. The summed E-state index contributed by atoms with van der Waals surface area (Å²) in [6, 6.07) is 3.50. The fraction of sp³-hybridized carbons (Fsp3) is 0.364. The molecule has 1 aromatic heterocycles. The van der Waals surface area contributed by atoms with Gasteiger partial charge in [0.25, 0.3) is 0 Å². The van der Waals surface area contributed by atoms with E-state index in [0.29, 0.717) is 10.8 Å². The number of rotatable bonds is 1. The minimum absolute atomic E-state index is 0.148. The molecular weight excluding hydrogens is 247 g/mol. The van der Waals surface area contributed by atoms with Crippen molar-refractivity contribution in [2.45, 2.75) is 25.3 Å². The zero-order valence-electron chi connectivity index (χ0n) is 8.46. The van der Waals surface area contributed by atoms with E-state index < -0.39 is 5.82 Å². The summed E-state index contributed by atoms with van der Waals surface area (Å²) in [5, 5.41) is 0.148. The molecule has 0 spiro atoms. The summed E-state index contributed by atoms with van der Waals surface area (Å²) in [6.45, 7) is 0. The summed E-state index contributed by atoms with van der Waals surface area (Å²) in [5.74, 6) is -0.411. The quantitative estimate of drug-likeness (QED) is 0.758. The van der Waals surface area contributed by atoms with Crippen molar-refractivity contribution < 1.29 is 4.39 Å². The molecule has 84 valence electrons. The van der Waals surface area contributed by atoms with Gasteiger partial charge in [-0.3, -0.25) is 0 Å². The monoisotopic (exact) mass is 256 g/mol. The van der Waals surface area contributed by atoms with Crippen LogP contribution in [0.1, 0.15) is 25.3 Å². The molecule has 3 rings (SSSR count). The van der Waals surface area contributed by atoms with Gasteiger partial charge in [0.2, 0.25) is 0 Å². The van der Waals surface area contributed by atoms with Gasteiger partial charge in [0.15, 0.2) is 4.77 Å². The third kappa shape index (κ3) is 1.40. The lowest BCUT2D eigenvalue weighted by Crippen LogP contribution is -2.16. The van der Waals surface area contributed by atoms with E-state index >= 15 is 0 Å². The van der Waals surface area contributed by atoms with Crippen LogP contribution in [-0.4, -0.2) is 9.55 Å².